The minimum Gasteiger partial charge on any atom is -0.397 e. The summed E-state index contributed by atoms with van der Waals surface area (Å²) >= 11 is 12.4. The Morgan fingerprint density at radius 2 is 0.933 bits per heavy atom. The van der Waals surface area contributed by atoms with E-state index in [9.17, 15) is 35.9 Å². The van der Waals surface area contributed by atoms with Crippen molar-refractivity contribution < 1.29 is 40.7 Å². The number of carbonyl (C=O) groups excluding carboxylic acids is 2. The molecule has 4 saturated heterocycles. The third-order valence-electron chi connectivity index (χ3n) is 12.4. The maximum Gasteiger partial charge on any atom is 0.418 e. The fourth-order valence-corrected chi connectivity index (χ4v) is 9.23. The Kier molecular flexibility index (Phi) is 16.2. The van der Waals surface area contributed by atoms with Crippen LogP contribution in [0.2, 0.25) is 10.0 Å². The lowest BCUT2D eigenvalue weighted by atomic mass is 9.98. The zero-order valence-corrected chi connectivity index (χ0v) is 36.2. The molecule has 2 aromatic carbocycles. The lowest BCUT2D eigenvalue weighted by Gasteiger charge is -2.43. The van der Waals surface area contributed by atoms with Gasteiger partial charge in [-0.3, -0.25) is 19.4 Å². The van der Waals surface area contributed by atoms with Crippen molar-refractivity contribution in [1.29, 1.82) is 0 Å². The minimum atomic E-state index is -4.87. The third kappa shape index (κ3) is 11.8. The number of alkyl halides is 6. The molecule has 4 aliphatic rings. The van der Waals surface area contributed by atoms with Crippen molar-refractivity contribution in [2.75, 3.05) is 104 Å². The molecule has 20 heteroatoms. The van der Waals surface area contributed by atoms with Crippen LogP contribution in [-0.2, 0) is 39.5 Å². The lowest BCUT2D eigenvalue weighted by molar-refractivity contribution is -0.159. The van der Waals surface area contributed by atoms with Gasteiger partial charge in [-0.05, 0) is 75.2 Å². The normalized spacial score (nSPS) is 21.2. The smallest absolute Gasteiger partial charge is 0.397 e. The Labute approximate surface area is 363 Å². The van der Waals surface area contributed by atoms with Crippen LogP contribution in [0.4, 0.5) is 37.7 Å². The van der Waals surface area contributed by atoms with E-state index in [-0.39, 0.29) is 45.7 Å². The Morgan fingerprint density at radius 1 is 0.617 bits per heavy atom. The molecule has 336 valence electrons. The average Bonchev–Trinajstić information content (AvgIpc) is 3.19. The number of likely N-dealkylation sites (N-methyl/N-ethyl adjacent to an activating group) is 2. The second-order valence-corrected chi connectivity index (χ2v) is 17.2. The molecule has 0 bridgehead atoms. The van der Waals surface area contributed by atoms with Crippen molar-refractivity contribution in [2.24, 2.45) is 0 Å². The number of hydrogen-bond acceptors (Lipinski definition) is 9. The quantitative estimate of drug-likeness (QED) is 0.231. The Morgan fingerprint density at radius 3 is 1.23 bits per heavy atom. The fourth-order valence-electron chi connectivity index (χ4n) is 8.75. The van der Waals surface area contributed by atoms with Crippen LogP contribution in [0.1, 0.15) is 47.9 Å². The van der Waals surface area contributed by atoms with Gasteiger partial charge in [0.05, 0.1) is 32.5 Å². The number of ether oxygens (including phenoxy) is 1. The van der Waals surface area contributed by atoms with Crippen LogP contribution in [0.3, 0.4) is 0 Å². The van der Waals surface area contributed by atoms with Crippen LogP contribution in [0.5, 0.6) is 0 Å². The van der Waals surface area contributed by atoms with E-state index in [0.717, 1.165) is 64.5 Å². The van der Waals surface area contributed by atoms with E-state index in [1.54, 1.807) is 9.80 Å². The van der Waals surface area contributed by atoms with Gasteiger partial charge in [0.25, 0.3) is 11.8 Å². The molecule has 0 radical (unpaired) electrons. The number of carbonyl (C=O) groups is 2. The molecular weight excluding hydrogens is 861 g/mol. The predicted octanol–water partition coefficient (Wildman–Crippen LogP) is 5.63. The van der Waals surface area contributed by atoms with E-state index >= 15 is 0 Å². The number of halogens is 9. The van der Waals surface area contributed by atoms with Crippen molar-refractivity contribution in [2.45, 2.75) is 75.2 Å². The summed E-state index contributed by atoms with van der Waals surface area (Å²) < 4.78 is 91.1. The molecule has 4 N–H and O–H groups in total. The second-order valence-electron chi connectivity index (χ2n) is 16.4. The maximum absolute atomic E-state index is 14.6. The first-order chi connectivity index (χ1) is 27.8. The number of piperazine rings is 2. The van der Waals surface area contributed by atoms with Crippen molar-refractivity contribution in [1.82, 2.24) is 29.4 Å². The molecule has 2 aromatic rings. The van der Waals surface area contributed by atoms with E-state index in [2.05, 4.69) is 33.7 Å². The van der Waals surface area contributed by atoms with Gasteiger partial charge in [0, 0.05) is 103 Å². The highest BCUT2D eigenvalue weighted by atomic mass is 35.5. The Bertz CT molecular complexity index is 1670. The zero-order chi connectivity index (χ0) is 42.8. The number of piperidine rings is 2. The largest absolute Gasteiger partial charge is 0.418 e. The van der Waals surface area contributed by atoms with Gasteiger partial charge >= 0.3 is 12.4 Å². The van der Waals surface area contributed by atoms with Gasteiger partial charge in [0.15, 0.2) is 0 Å². The summed E-state index contributed by atoms with van der Waals surface area (Å²) in [7, 11) is 4.13. The zero-order valence-electron chi connectivity index (χ0n) is 33.8. The van der Waals surface area contributed by atoms with Crippen LogP contribution in [0.15, 0.2) is 24.3 Å². The highest BCUT2D eigenvalue weighted by Gasteiger charge is 2.40. The van der Waals surface area contributed by atoms with E-state index < -0.39 is 71.7 Å². The van der Waals surface area contributed by atoms with Crippen LogP contribution >= 0.6 is 35.6 Å². The summed E-state index contributed by atoms with van der Waals surface area (Å²) in [6, 6.07) is 4.53. The van der Waals surface area contributed by atoms with Crippen LogP contribution in [0, 0.1) is 0 Å². The average molecular weight is 916 g/mol. The molecule has 11 nitrogen and oxygen atoms in total. The summed E-state index contributed by atoms with van der Waals surface area (Å²) in [5.74, 6) is -1.11. The topological polar surface area (TPSA) is 115 Å². The Hall–Kier alpha value is -2.77. The fraction of sp³-hybridized carbons (Fsp3) is 0.650. The number of amides is 2. The first-order valence-electron chi connectivity index (χ1n) is 20.2. The van der Waals surface area contributed by atoms with Gasteiger partial charge in [-0.15, -0.1) is 12.4 Å². The van der Waals surface area contributed by atoms with Crippen LogP contribution < -0.4 is 11.5 Å². The van der Waals surface area contributed by atoms with Crippen molar-refractivity contribution in [3.63, 3.8) is 0 Å². The van der Waals surface area contributed by atoms with E-state index in [4.69, 9.17) is 39.4 Å². The molecule has 2 atom stereocenters. The van der Waals surface area contributed by atoms with Gasteiger partial charge in [-0.25, -0.2) is 0 Å². The number of nitrogen functional groups attached to an aromatic ring is 2. The number of benzene rings is 2. The van der Waals surface area contributed by atoms with Crippen LogP contribution in [0.25, 0.3) is 0 Å². The summed E-state index contributed by atoms with van der Waals surface area (Å²) in [5, 5.41) is -0.748. The molecular formula is C40H55Cl3F6N8O3. The minimum absolute atomic E-state index is 0. The molecule has 60 heavy (non-hydrogen) atoms. The first-order valence-corrected chi connectivity index (χ1v) is 20.9. The molecule has 2 amide bonds. The van der Waals surface area contributed by atoms with Crippen LogP contribution in [-0.4, -0.2) is 158 Å². The van der Waals surface area contributed by atoms with Crippen molar-refractivity contribution in [3.8, 4) is 0 Å². The lowest BCUT2D eigenvalue weighted by Crippen LogP contribution is -2.55. The van der Waals surface area contributed by atoms with Gasteiger partial charge in [0.2, 0.25) is 0 Å². The molecule has 4 aliphatic heterocycles. The number of nitrogens with two attached hydrogens (primary N) is 2. The number of rotatable bonds is 10. The maximum atomic E-state index is 14.6. The summed E-state index contributed by atoms with van der Waals surface area (Å²) in [4.78, 5) is 41.6. The molecule has 0 unspecified atom stereocenters. The standard InChI is InChI=1S/C40H54Cl2F6N8O3.ClH/c1-51-11-15-53(16-12-51)27-3-7-55(8-4-27)37(57)33(23-25-19-29(39(43,44)45)35(49)31(41)21-25)59-34(24-26-20-30(40(46,47)48)36(50)32(42)22-26)38(58)56-9-5-28(6-10-56)54-17-13-52(2)14-18-54;/h19-22,27-28,33-34H,3-18,23-24,49-50H2,1-2H3;1H/t33-,34-;/m0./s1. The van der Waals surface area contributed by atoms with Gasteiger partial charge < -0.3 is 35.8 Å². The summed E-state index contributed by atoms with van der Waals surface area (Å²) in [5.41, 5.74) is 7.69. The van der Waals surface area contributed by atoms with Crippen molar-refractivity contribution in [3.05, 3.63) is 56.6 Å². The van der Waals surface area contributed by atoms with Gasteiger partial charge in [-0.2, -0.15) is 26.3 Å². The first kappa shape index (κ1) is 48.3. The van der Waals surface area contributed by atoms with Gasteiger partial charge in [-0.1, -0.05) is 23.2 Å². The number of likely N-dealkylation sites (tertiary alicyclic amines) is 2. The molecule has 6 rings (SSSR count). The highest BCUT2D eigenvalue weighted by molar-refractivity contribution is 6.33. The second kappa shape index (κ2) is 20.2. The van der Waals surface area contributed by atoms with Crippen molar-refractivity contribution >= 4 is 58.8 Å². The van der Waals surface area contributed by atoms with E-state index in [1.165, 1.54) is 12.1 Å². The molecule has 0 aromatic heterocycles. The molecule has 0 spiro atoms. The summed E-state index contributed by atoms with van der Waals surface area (Å²) in [6.45, 7) is 8.61. The molecule has 0 aliphatic carbocycles. The highest BCUT2D eigenvalue weighted by Crippen LogP contribution is 2.40. The number of anilines is 2. The summed E-state index contributed by atoms with van der Waals surface area (Å²) in [6.07, 6.45) is -11.0. The SMILES string of the molecule is CN1CCN(C2CCN(C(=O)[C@H](Cc3cc(Cl)c(N)c(C(F)(F)F)c3)O[C@@H](Cc3cc(Cl)c(N)c(C(F)(F)F)c3)C(=O)N3CCC(N4CCN(C)CC4)CC3)CC2)CC1.Cl. The number of hydrogen-bond donors (Lipinski definition) is 2. The predicted molar refractivity (Wildman–Crippen MR) is 222 cm³/mol. The Balaban J connectivity index is 0.00000683. The number of nitrogens with zero attached hydrogens (tertiary/aromatic N) is 6. The third-order valence-corrected chi connectivity index (χ3v) is 13.0. The van der Waals surface area contributed by atoms with E-state index in [1.807, 2.05) is 0 Å². The molecule has 0 saturated carbocycles. The monoisotopic (exact) mass is 914 g/mol. The molecule has 4 fully saturated rings. The van der Waals surface area contributed by atoms with E-state index in [0.29, 0.717) is 51.9 Å². The van der Waals surface area contributed by atoms with Gasteiger partial charge in [0.1, 0.15) is 12.2 Å². The molecule has 4 heterocycles.